The molecule has 0 spiro atoms. The summed E-state index contributed by atoms with van der Waals surface area (Å²) in [4.78, 5) is 2.39. The second kappa shape index (κ2) is 6.23. The van der Waals surface area contributed by atoms with E-state index in [0.29, 0.717) is 6.04 Å². The van der Waals surface area contributed by atoms with Gasteiger partial charge in [0.15, 0.2) is 5.11 Å². The minimum absolute atomic E-state index is 0.695. The van der Waals surface area contributed by atoms with Crippen molar-refractivity contribution in [3.8, 4) is 0 Å². The van der Waals surface area contributed by atoms with Crippen LogP contribution in [0.5, 0.6) is 0 Å². The number of rotatable bonds is 3. The number of likely N-dealkylation sites (tertiary alicyclic amines) is 1. The quantitative estimate of drug-likeness (QED) is 0.727. The molecule has 0 aromatic carbocycles. The molecule has 0 bridgehead atoms. The van der Waals surface area contributed by atoms with E-state index in [2.05, 4.69) is 24.1 Å². The van der Waals surface area contributed by atoms with Crippen LogP contribution in [-0.2, 0) is 0 Å². The first-order valence-electron chi connectivity index (χ1n) is 5.84. The summed E-state index contributed by atoms with van der Waals surface area (Å²) >= 11 is 5.38. The molecule has 1 aliphatic rings. The zero-order valence-electron chi connectivity index (χ0n) is 9.38. The number of hydrogen-bond acceptors (Lipinski definition) is 1. The van der Waals surface area contributed by atoms with Crippen molar-refractivity contribution in [2.45, 2.75) is 52.0 Å². The lowest BCUT2D eigenvalue weighted by Crippen LogP contribution is -2.48. The minimum atomic E-state index is 0.695. The van der Waals surface area contributed by atoms with Crippen molar-refractivity contribution in [3.63, 3.8) is 0 Å². The van der Waals surface area contributed by atoms with Crippen molar-refractivity contribution < 1.29 is 0 Å². The summed E-state index contributed by atoms with van der Waals surface area (Å²) in [6, 6.07) is 0.695. The molecule has 1 rings (SSSR count). The summed E-state index contributed by atoms with van der Waals surface area (Å²) in [7, 11) is 0. The number of piperidine rings is 1. The van der Waals surface area contributed by atoms with E-state index in [1.807, 2.05) is 0 Å². The smallest absolute Gasteiger partial charge is 0.169 e. The molecule has 1 atom stereocenters. The fourth-order valence-corrected chi connectivity index (χ4v) is 2.54. The Balaban J connectivity index is 2.48. The highest BCUT2D eigenvalue weighted by Gasteiger charge is 2.22. The minimum Gasteiger partial charge on any atom is -0.363 e. The van der Waals surface area contributed by atoms with Crippen molar-refractivity contribution in [2.24, 2.45) is 0 Å². The van der Waals surface area contributed by atoms with Crippen LogP contribution in [0.4, 0.5) is 0 Å². The maximum atomic E-state index is 5.38. The molecule has 0 aliphatic carbocycles. The second-order valence-electron chi connectivity index (χ2n) is 3.97. The molecular weight excluding hydrogens is 192 g/mol. The van der Waals surface area contributed by atoms with Gasteiger partial charge in [0.05, 0.1) is 0 Å². The molecule has 0 aromatic rings. The van der Waals surface area contributed by atoms with Crippen LogP contribution in [-0.4, -0.2) is 29.1 Å². The lowest BCUT2D eigenvalue weighted by atomic mass is 9.99. The van der Waals surface area contributed by atoms with Crippen molar-refractivity contribution in [2.75, 3.05) is 13.1 Å². The highest BCUT2D eigenvalue weighted by atomic mass is 32.1. The second-order valence-corrected chi connectivity index (χ2v) is 4.35. The molecule has 1 N–H and O–H groups in total. The van der Waals surface area contributed by atoms with Gasteiger partial charge in [0.25, 0.3) is 0 Å². The Morgan fingerprint density at radius 3 is 2.86 bits per heavy atom. The first-order valence-corrected chi connectivity index (χ1v) is 6.24. The Bertz CT molecular complexity index is 180. The monoisotopic (exact) mass is 214 g/mol. The summed E-state index contributed by atoms with van der Waals surface area (Å²) in [5, 5.41) is 4.22. The van der Waals surface area contributed by atoms with Crippen LogP contribution in [0.25, 0.3) is 0 Å². The van der Waals surface area contributed by atoms with Crippen LogP contribution < -0.4 is 5.32 Å². The third kappa shape index (κ3) is 3.12. The number of thiocarbonyl (C=S) groups is 1. The van der Waals surface area contributed by atoms with Gasteiger partial charge in [-0.3, -0.25) is 0 Å². The fraction of sp³-hybridized carbons (Fsp3) is 0.909. The number of nitrogens with one attached hydrogen (secondary N) is 1. The fourth-order valence-electron chi connectivity index (χ4n) is 2.15. The van der Waals surface area contributed by atoms with Crippen LogP contribution in [0.2, 0.25) is 0 Å². The van der Waals surface area contributed by atoms with E-state index in [4.69, 9.17) is 12.2 Å². The van der Waals surface area contributed by atoms with E-state index < -0.39 is 0 Å². The molecule has 1 unspecified atom stereocenters. The number of nitrogens with zero attached hydrogens (tertiary/aromatic N) is 1. The molecule has 2 nitrogen and oxygen atoms in total. The predicted octanol–water partition coefficient (Wildman–Crippen LogP) is 2.54. The molecule has 14 heavy (non-hydrogen) atoms. The first-order chi connectivity index (χ1) is 6.79. The maximum Gasteiger partial charge on any atom is 0.169 e. The predicted molar refractivity (Wildman–Crippen MR) is 65.5 cm³/mol. The Kier molecular flexibility index (Phi) is 5.23. The summed E-state index contributed by atoms with van der Waals surface area (Å²) in [5.41, 5.74) is 0. The molecule has 0 amide bonds. The van der Waals surface area contributed by atoms with Crippen LogP contribution in [0.15, 0.2) is 0 Å². The van der Waals surface area contributed by atoms with Crippen molar-refractivity contribution >= 4 is 17.3 Å². The van der Waals surface area contributed by atoms with Gasteiger partial charge in [-0.1, -0.05) is 13.3 Å². The van der Waals surface area contributed by atoms with Gasteiger partial charge >= 0.3 is 0 Å². The van der Waals surface area contributed by atoms with Gasteiger partial charge < -0.3 is 10.2 Å². The topological polar surface area (TPSA) is 15.3 Å². The molecule has 1 aliphatic heterocycles. The van der Waals surface area contributed by atoms with E-state index >= 15 is 0 Å². The van der Waals surface area contributed by atoms with E-state index in [0.717, 1.165) is 18.2 Å². The Hall–Kier alpha value is -0.310. The maximum absolute atomic E-state index is 5.38. The normalized spacial score (nSPS) is 22.1. The molecule has 1 saturated heterocycles. The Morgan fingerprint density at radius 1 is 1.43 bits per heavy atom. The third-order valence-corrected chi connectivity index (χ3v) is 3.22. The molecule has 0 saturated carbocycles. The van der Waals surface area contributed by atoms with E-state index in [-0.39, 0.29) is 0 Å². The lowest BCUT2D eigenvalue weighted by molar-refractivity contribution is 0.226. The zero-order valence-corrected chi connectivity index (χ0v) is 10.2. The summed E-state index contributed by atoms with van der Waals surface area (Å²) < 4.78 is 0. The first kappa shape index (κ1) is 11.8. The highest BCUT2D eigenvalue weighted by Crippen LogP contribution is 2.20. The Morgan fingerprint density at radius 2 is 2.21 bits per heavy atom. The highest BCUT2D eigenvalue weighted by molar-refractivity contribution is 7.80. The molecule has 0 aromatic heterocycles. The van der Waals surface area contributed by atoms with Gasteiger partial charge in [-0.2, -0.15) is 0 Å². The van der Waals surface area contributed by atoms with Crippen LogP contribution >= 0.6 is 12.2 Å². The van der Waals surface area contributed by atoms with Crippen LogP contribution in [0.3, 0.4) is 0 Å². The Labute approximate surface area is 93.1 Å². The van der Waals surface area contributed by atoms with Crippen molar-refractivity contribution in [1.82, 2.24) is 10.2 Å². The summed E-state index contributed by atoms with van der Waals surface area (Å²) in [6.45, 7) is 6.44. The summed E-state index contributed by atoms with van der Waals surface area (Å²) in [5.74, 6) is 0. The third-order valence-electron chi connectivity index (χ3n) is 2.84. The van der Waals surface area contributed by atoms with Gasteiger partial charge in [-0.25, -0.2) is 0 Å². The van der Waals surface area contributed by atoms with Gasteiger partial charge in [0.1, 0.15) is 0 Å². The zero-order chi connectivity index (χ0) is 10.4. The SMILES string of the molecule is CCCC1CCCCN1C(=S)NCC. The van der Waals surface area contributed by atoms with Crippen molar-refractivity contribution in [3.05, 3.63) is 0 Å². The van der Waals surface area contributed by atoms with Gasteiger partial charge in [-0.15, -0.1) is 0 Å². The largest absolute Gasteiger partial charge is 0.363 e. The van der Waals surface area contributed by atoms with Gasteiger partial charge in [0.2, 0.25) is 0 Å². The van der Waals surface area contributed by atoms with E-state index in [1.165, 1.54) is 32.1 Å². The molecular formula is C11H22N2S. The average molecular weight is 214 g/mol. The molecule has 3 heteroatoms. The standard InChI is InChI=1S/C11H22N2S/c1-3-7-10-8-5-6-9-13(10)11(14)12-4-2/h10H,3-9H2,1-2H3,(H,12,14). The molecule has 82 valence electrons. The number of hydrogen-bond donors (Lipinski definition) is 1. The molecule has 1 heterocycles. The molecule has 1 fully saturated rings. The lowest BCUT2D eigenvalue weighted by Gasteiger charge is -2.37. The van der Waals surface area contributed by atoms with Gasteiger partial charge in [0, 0.05) is 19.1 Å². The average Bonchev–Trinajstić information content (AvgIpc) is 2.19. The molecule has 0 radical (unpaired) electrons. The van der Waals surface area contributed by atoms with Crippen LogP contribution in [0.1, 0.15) is 46.0 Å². The van der Waals surface area contributed by atoms with Crippen LogP contribution in [0, 0.1) is 0 Å². The van der Waals surface area contributed by atoms with Crippen molar-refractivity contribution in [1.29, 1.82) is 0 Å². The summed E-state index contributed by atoms with van der Waals surface area (Å²) in [6.07, 6.45) is 6.53. The van der Waals surface area contributed by atoms with E-state index in [1.54, 1.807) is 0 Å². The van der Waals surface area contributed by atoms with Gasteiger partial charge in [-0.05, 0) is 44.8 Å². The van der Waals surface area contributed by atoms with E-state index in [9.17, 15) is 0 Å².